The minimum Gasteiger partial charge on any atom is -0.497 e. The van der Waals surface area contributed by atoms with Crippen molar-refractivity contribution in [2.75, 3.05) is 7.11 Å². The van der Waals surface area contributed by atoms with E-state index < -0.39 is 5.56 Å². The molecule has 0 radical (unpaired) electrons. The Morgan fingerprint density at radius 3 is 2.43 bits per heavy atom. The van der Waals surface area contributed by atoms with E-state index in [9.17, 15) is 9.59 Å². The first kappa shape index (κ1) is 14.5. The van der Waals surface area contributed by atoms with E-state index in [1.807, 2.05) is 6.07 Å². The van der Waals surface area contributed by atoms with E-state index >= 15 is 0 Å². The maximum atomic E-state index is 12.2. The lowest BCUT2D eigenvalue weighted by Crippen LogP contribution is -2.26. The van der Waals surface area contributed by atoms with Crippen molar-refractivity contribution in [3.63, 3.8) is 0 Å². The summed E-state index contributed by atoms with van der Waals surface area (Å²) in [6.07, 6.45) is 0. The molecule has 106 valence electrons. The molecule has 0 aliphatic heterocycles. The minimum atomic E-state index is -0.457. The van der Waals surface area contributed by atoms with E-state index in [1.165, 1.54) is 17.6 Å². The molecule has 5 nitrogen and oxygen atoms in total. The summed E-state index contributed by atoms with van der Waals surface area (Å²) < 4.78 is 6.42. The number of hydrogen-bond acceptors (Lipinski definition) is 4. The largest absolute Gasteiger partial charge is 0.497 e. The van der Waals surface area contributed by atoms with E-state index in [0.29, 0.717) is 11.4 Å². The molecule has 0 saturated carbocycles. The Balaban J connectivity index is 2.61. The van der Waals surface area contributed by atoms with Crippen molar-refractivity contribution >= 4 is 5.78 Å². The van der Waals surface area contributed by atoms with Crippen LogP contribution in [0, 0.1) is 11.3 Å². The first-order chi connectivity index (χ1) is 10.1. The van der Waals surface area contributed by atoms with Gasteiger partial charge in [0, 0.05) is 0 Å². The van der Waals surface area contributed by atoms with Gasteiger partial charge in [-0.25, -0.2) is 0 Å². The van der Waals surface area contributed by atoms with E-state index in [1.54, 1.807) is 37.4 Å². The van der Waals surface area contributed by atoms with Crippen LogP contribution in [0.25, 0.3) is 11.3 Å². The van der Waals surface area contributed by atoms with Crippen molar-refractivity contribution in [3.05, 3.63) is 52.3 Å². The maximum absolute atomic E-state index is 12.2. The predicted molar refractivity (Wildman–Crippen MR) is 78.1 cm³/mol. The third-order valence-corrected chi connectivity index (χ3v) is 3.06. The summed E-state index contributed by atoms with van der Waals surface area (Å²) >= 11 is 0. The van der Waals surface area contributed by atoms with Crippen LogP contribution < -0.4 is 10.3 Å². The van der Waals surface area contributed by atoms with Gasteiger partial charge in [-0.15, -0.1) is 0 Å². The first-order valence-electron chi connectivity index (χ1n) is 6.34. The molecule has 2 aromatic rings. The third kappa shape index (κ3) is 3.00. The number of benzene rings is 1. The molecule has 21 heavy (non-hydrogen) atoms. The maximum Gasteiger partial charge on any atom is 0.269 e. The predicted octanol–water partition coefficient (Wildman–Crippen LogP) is 1.98. The number of nitriles is 1. The highest BCUT2D eigenvalue weighted by Crippen LogP contribution is 2.21. The lowest BCUT2D eigenvalue weighted by atomic mass is 10.1. The van der Waals surface area contributed by atoms with Crippen molar-refractivity contribution in [3.8, 4) is 23.1 Å². The number of methoxy groups -OCH3 is 1. The fraction of sp³-hybridized carbons (Fsp3) is 0.188. The Bertz CT molecular complexity index is 768. The second kappa shape index (κ2) is 6.06. The van der Waals surface area contributed by atoms with Gasteiger partial charge in [0.05, 0.1) is 19.3 Å². The lowest BCUT2D eigenvalue weighted by molar-refractivity contribution is -0.117. The Hall–Kier alpha value is -2.87. The number of hydrogen-bond donors (Lipinski definition) is 0. The van der Waals surface area contributed by atoms with E-state index in [0.717, 1.165) is 5.56 Å². The average Bonchev–Trinajstić information content (AvgIpc) is 2.49. The lowest BCUT2D eigenvalue weighted by Gasteiger charge is -2.12. The van der Waals surface area contributed by atoms with E-state index in [4.69, 9.17) is 10.00 Å². The average molecular weight is 282 g/mol. The Morgan fingerprint density at radius 1 is 1.24 bits per heavy atom. The number of aromatic nitrogens is 1. The Labute approximate surface area is 122 Å². The van der Waals surface area contributed by atoms with Crippen LogP contribution in [0.4, 0.5) is 0 Å². The Kier molecular flexibility index (Phi) is 4.19. The van der Waals surface area contributed by atoms with Gasteiger partial charge in [0.2, 0.25) is 0 Å². The van der Waals surface area contributed by atoms with Gasteiger partial charge in [0.15, 0.2) is 0 Å². The van der Waals surface area contributed by atoms with Crippen LogP contribution in [0.3, 0.4) is 0 Å². The highest BCUT2D eigenvalue weighted by Gasteiger charge is 2.12. The highest BCUT2D eigenvalue weighted by atomic mass is 16.5. The molecule has 0 fully saturated rings. The molecular weight excluding hydrogens is 268 g/mol. The summed E-state index contributed by atoms with van der Waals surface area (Å²) in [6, 6.07) is 12.1. The molecule has 1 aromatic carbocycles. The van der Waals surface area contributed by atoms with Gasteiger partial charge in [-0.3, -0.25) is 14.2 Å². The van der Waals surface area contributed by atoms with Crippen molar-refractivity contribution in [1.29, 1.82) is 5.26 Å². The number of nitrogens with zero attached hydrogens (tertiary/aromatic N) is 2. The Morgan fingerprint density at radius 2 is 1.90 bits per heavy atom. The number of rotatable bonds is 4. The van der Waals surface area contributed by atoms with Crippen LogP contribution >= 0.6 is 0 Å². The minimum absolute atomic E-state index is 0.0218. The number of ether oxygens (including phenoxy) is 1. The molecule has 1 heterocycles. The van der Waals surface area contributed by atoms with Gasteiger partial charge in [-0.1, -0.05) is 0 Å². The SMILES string of the molecule is COc1ccc(-c2ccc(C#N)c(=O)n2CC(C)=O)cc1. The van der Waals surface area contributed by atoms with Gasteiger partial charge < -0.3 is 4.74 Å². The number of Topliss-reactive ketones (excluding diaryl/α,β-unsaturated/α-hetero) is 1. The van der Waals surface area contributed by atoms with Crippen LogP contribution in [-0.2, 0) is 11.3 Å². The van der Waals surface area contributed by atoms with Crippen molar-refractivity contribution in [1.82, 2.24) is 4.57 Å². The molecule has 0 atom stereocenters. The molecule has 0 N–H and O–H groups in total. The smallest absolute Gasteiger partial charge is 0.269 e. The summed E-state index contributed by atoms with van der Waals surface area (Å²) in [5.74, 6) is 0.551. The molecule has 0 unspecified atom stereocenters. The monoisotopic (exact) mass is 282 g/mol. The van der Waals surface area contributed by atoms with Crippen molar-refractivity contribution in [2.45, 2.75) is 13.5 Å². The summed E-state index contributed by atoms with van der Waals surface area (Å²) in [7, 11) is 1.57. The molecular formula is C16H14N2O3. The molecule has 0 bridgehead atoms. The molecule has 1 aromatic heterocycles. The van der Waals surface area contributed by atoms with Gasteiger partial charge in [0.25, 0.3) is 5.56 Å². The van der Waals surface area contributed by atoms with Crippen molar-refractivity contribution < 1.29 is 9.53 Å². The number of carbonyl (C=O) groups excluding carboxylic acids is 1. The second-order valence-corrected chi connectivity index (χ2v) is 4.57. The second-order valence-electron chi connectivity index (χ2n) is 4.57. The van der Waals surface area contributed by atoms with E-state index in [2.05, 4.69) is 0 Å². The van der Waals surface area contributed by atoms with Gasteiger partial charge in [-0.2, -0.15) is 5.26 Å². The summed E-state index contributed by atoms with van der Waals surface area (Å²) in [5.41, 5.74) is 0.935. The molecule has 0 aliphatic rings. The standard InChI is InChI=1S/C16H14N2O3/c1-11(19)10-18-15(8-5-13(9-17)16(18)20)12-3-6-14(21-2)7-4-12/h3-8H,10H2,1-2H3. The first-order valence-corrected chi connectivity index (χ1v) is 6.34. The molecule has 0 amide bonds. The third-order valence-electron chi connectivity index (χ3n) is 3.06. The van der Waals surface area contributed by atoms with Gasteiger partial charge >= 0.3 is 0 Å². The van der Waals surface area contributed by atoms with Crippen LogP contribution in [0.2, 0.25) is 0 Å². The summed E-state index contributed by atoms with van der Waals surface area (Å²) in [4.78, 5) is 23.6. The molecule has 0 aliphatic carbocycles. The fourth-order valence-corrected chi connectivity index (χ4v) is 2.06. The van der Waals surface area contributed by atoms with E-state index in [-0.39, 0.29) is 17.9 Å². The van der Waals surface area contributed by atoms with Gasteiger partial charge in [-0.05, 0) is 48.9 Å². The molecule has 2 rings (SSSR count). The quantitative estimate of drug-likeness (QED) is 0.859. The zero-order valence-corrected chi connectivity index (χ0v) is 11.8. The van der Waals surface area contributed by atoms with Crippen LogP contribution in [0.15, 0.2) is 41.2 Å². The number of pyridine rings is 1. The molecule has 0 saturated heterocycles. The summed E-state index contributed by atoms with van der Waals surface area (Å²) in [5, 5.41) is 8.94. The normalized spacial score (nSPS) is 9.95. The number of carbonyl (C=O) groups is 1. The van der Waals surface area contributed by atoms with Gasteiger partial charge in [0.1, 0.15) is 23.2 Å². The summed E-state index contributed by atoms with van der Waals surface area (Å²) in [6.45, 7) is 1.35. The van der Waals surface area contributed by atoms with Crippen LogP contribution in [0.5, 0.6) is 5.75 Å². The van der Waals surface area contributed by atoms with Crippen molar-refractivity contribution in [2.24, 2.45) is 0 Å². The fourth-order valence-electron chi connectivity index (χ4n) is 2.06. The highest BCUT2D eigenvalue weighted by molar-refractivity contribution is 5.76. The number of ketones is 1. The topological polar surface area (TPSA) is 72.1 Å². The zero-order chi connectivity index (χ0) is 15.4. The zero-order valence-electron chi connectivity index (χ0n) is 11.8. The van der Waals surface area contributed by atoms with Crippen LogP contribution in [-0.4, -0.2) is 17.5 Å². The molecule has 0 spiro atoms. The van der Waals surface area contributed by atoms with Crippen LogP contribution in [0.1, 0.15) is 12.5 Å². The molecule has 5 heteroatoms.